The summed E-state index contributed by atoms with van der Waals surface area (Å²) in [6.45, 7) is 16.7. The van der Waals surface area contributed by atoms with E-state index in [1.165, 1.54) is 19.2 Å². The minimum atomic E-state index is -4.25. The molecule has 1 fully saturated rings. The Balaban J connectivity index is 1.52. The van der Waals surface area contributed by atoms with Crippen LogP contribution in [-0.2, 0) is 25.0 Å². The van der Waals surface area contributed by atoms with Gasteiger partial charge in [-0.25, -0.2) is 13.2 Å². The van der Waals surface area contributed by atoms with Gasteiger partial charge in [-0.1, -0.05) is 77.1 Å². The van der Waals surface area contributed by atoms with Crippen LogP contribution in [0.2, 0.25) is 0 Å². The molecule has 1 aromatic heterocycles. The molecular weight excluding hydrogens is 749 g/mol. The van der Waals surface area contributed by atoms with Crippen molar-refractivity contribution in [2.75, 3.05) is 54.8 Å². The molecule has 0 saturated carbocycles. The summed E-state index contributed by atoms with van der Waals surface area (Å²) in [5, 5.41) is 2.97. The maximum Gasteiger partial charge on any atom is 0.410 e. The van der Waals surface area contributed by atoms with Gasteiger partial charge in [0, 0.05) is 31.9 Å². The van der Waals surface area contributed by atoms with Gasteiger partial charge in [0.25, 0.3) is 15.9 Å². The Morgan fingerprint density at radius 2 is 1.47 bits per heavy atom. The normalized spacial score (nSPS) is 13.6. The summed E-state index contributed by atoms with van der Waals surface area (Å²) in [7, 11) is -2.76. The molecule has 1 saturated heterocycles. The van der Waals surface area contributed by atoms with Crippen LogP contribution in [0.15, 0.2) is 77.7 Å². The summed E-state index contributed by atoms with van der Waals surface area (Å²) in [6, 6.07) is 21.1. The zero-order valence-corrected chi connectivity index (χ0v) is 35.0. The van der Waals surface area contributed by atoms with Crippen molar-refractivity contribution in [1.82, 2.24) is 14.9 Å². The van der Waals surface area contributed by atoms with Gasteiger partial charge in [0.15, 0.2) is 17.3 Å². The summed E-state index contributed by atoms with van der Waals surface area (Å²) < 4.78 is 54.4. The first-order chi connectivity index (χ1) is 26.8. The first-order valence-corrected chi connectivity index (χ1v) is 20.4. The average molecular weight is 803 g/mol. The third kappa shape index (κ3) is 11.3. The molecule has 2 heterocycles. The zero-order valence-electron chi connectivity index (χ0n) is 34.2. The van der Waals surface area contributed by atoms with Crippen LogP contribution >= 0.6 is 0 Å². The Kier molecular flexibility index (Phi) is 13.2. The second-order valence-corrected chi connectivity index (χ2v) is 17.7. The molecule has 3 aromatic carbocycles. The van der Waals surface area contributed by atoms with Crippen molar-refractivity contribution in [3.05, 3.63) is 83.9 Å². The maximum atomic E-state index is 14.1. The van der Waals surface area contributed by atoms with E-state index in [9.17, 15) is 18.0 Å². The number of hydrogen-bond donors (Lipinski definition) is 2. The van der Waals surface area contributed by atoms with Crippen LogP contribution in [0, 0.1) is 0 Å². The van der Waals surface area contributed by atoms with E-state index in [-0.39, 0.29) is 64.3 Å². The molecule has 15 heteroatoms. The smallest absolute Gasteiger partial charge is 0.410 e. The molecule has 0 aliphatic carbocycles. The predicted octanol–water partition coefficient (Wildman–Crippen LogP) is 7.96. The number of hydrogen-bond acceptors (Lipinski definition) is 11. The van der Waals surface area contributed by atoms with Crippen molar-refractivity contribution in [1.29, 1.82) is 0 Å². The number of nitrogens with one attached hydrogen (secondary N) is 2. The number of ether oxygens (including phenoxy) is 4. The number of nitrogens with zero attached hydrogens (tertiary/aromatic N) is 4. The average Bonchev–Trinajstić information content (AvgIpc) is 3.15. The van der Waals surface area contributed by atoms with Crippen LogP contribution < -0.4 is 29.1 Å². The molecule has 14 nitrogen and oxygen atoms in total. The number of para-hydroxylation sites is 3. The fourth-order valence-electron chi connectivity index (χ4n) is 5.94. The van der Waals surface area contributed by atoms with E-state index in [0.29, 0.717) is 37.6 Å². The minimum absolute atomic E-state index is 0.00528. The quantitative estimate of drug-likeness (QED) is 0.135. The highest BCUT2D eigenvalue weighted by molar-refractivity contribution is 7.92. The molecule has 0 unspecified atom stereocenters. The number of aromatic nitrogens is 2. The molecule has 2 amide bonds. The van der Waals surface area contributed by atoms with Gasteiger partial charge in [0.05, 0.1) is 25.0 Å². The summed E-state index contributed by atoms with van der Waals surface area (Å²) in [6.07, 6.45) is -0.497. The molecule has 0 bridgehead atoms. The van der Waals surface area contributed by atoms with E-state index in [0.717, 1.165) is 11.1 Å². The Bertz CT molecular complexity index is 2140. The second kappa shape index (κ2) is 17.7. The number of piperazine rings is 1. The van der Waals surface area contributed by atoms with Crippen LogP contribution in [0.4, 0.5) is 22.2 Å². The Morgan fingerprint density at radius 1 is 0.842 bits per heavy atom. The van der Waals surface area contributed by atoms with Crippen molar-refractivity contribution in [2.24, 2.45) is 0 Å². The number of carbonyl (C=O) groups is 2. The summed E-state index contributed by atoms with van der Waals surface area (Å²) >= 11 is 0. The van der Waals surface area contributed by atoms with Crippen molar-refractivity contribution in [3.63, 3.8) is 0 Å². The molecule has 57 heavy (non-hydrogen) atoms. The molecule has 5 rings (SSSR count). The number of anilines is 3. The lowest BCUT2D eigenvalue weighted by atomic mass is 9.87. The van der Waals surface area contributed by atoms with E-state index >= 15 is 0 Å². The van der Waals surface area contributed by atoms with E-state index in [4.69, 9.17) is 28.9 Å². The largest absolute Gasteiger partial charge is 0.493 e. The third-order valence-corrected chi connectivity index (χ3v) is 10.4. The highest BCUT2D eigenvalue weighted by Gasteiger charge is 2.31. The van der Waals surface area contributed by atoms with Gasteiger partial charge in [0.1, 0.15) is 5.60 Å². The van der Waals surface area contributed by atoms with Crippen LogP contribution in [0.3, 0.4) is 0 Å². The molecule has 0 spiro atoms. The molecule has 1 aliphatic heterocycles. The molecule has 2 N–H and O–H groups in total. The summed E-state index contributed by atoms with van der Waals surface area (Å²) in [5.74, 6) is 0.167. The van der Waals surface area contributed by atoms with Gasteiger partial charge in [-0.3, -0.25) is 9.52 Å². The minimum Gasteiger partial charge on any atom is -0.493 e. The van der Waals surface area contributed by atoms with E-state index in [1.54, 1.807) is 62.1 Å². The van der Waals surface area contributed by atoms with E-state index in [1.807, 2.05) is 63.8 Å². The fourth-order valence-corrected chi connectivity index (χ4v) is 6.94. The topological polar surface area (TPSA) is 162 Å². The standard InChI is InChI=1S/C42H54N6O8S/c1-28(2)31-14-10-11-15-32(31)43-35(49)22-27-54-38-36(55-34-17-13-12-16-33(34)53-9)37(46-57(51,52)30-20-18-29(19-21-30)41(3,4)5)44-39(45-38)47-23-25-48(26-24-47)40(50)56-42(6,7)8/h10-21,28H,22-27H2,1-9H3,(H,43,49)(H,44,45,46). The van der Waals surface area contributed by atoms with Gasteiger partial charge in [0.2, 0.25) is 17.6 Å². The van der Waals surface area contributed by atoms with Crippen LogP contribution in [0.1, 0.15) is 78.9 Å². The molecule has 306 valence electrons. The first-order valence-electron chi connectivity index (χ1n) is 19.0. The van der Waals surface area contributed by atoms with Crippen LogP contribution in [-0.4, -0.2) is 80.8 Å². The lowest BCUT2D eigenvalue weighted by Gasteiger charge is -2.35. The second-order valence-electron chi connectivity index (χ2n) is 16.0. The SMILES string of the molecule is COc1ccccc1Oc1c(NS(=O)(=O)c2ccc(C(C)(C)C)cc2)nc(N2CCN(C(=O)OC(C)(C)C)CC2)nc1OCCC(=O)Nc1ccccc1C(C)C. The Labute approximate surface area is 335 Å². The number of rotatable bonds is 13. The molecule has 0 radical (unpaired) electrons. The third-order valence-electron chi connectivity index (χ3n) is 9.00. The monoisotopic (exact) mass is 802 g/mol. The van der Waals surface area contributed by atoms with Crippen molar-refractivity contribution >= 4 is 39.5 Å². The maximum absolute atomic E-state index is 14.1. The van der Waals surface area contributed by atoms with Gasteiger partial charge < -0.3 is 34.1 Å². The van der Waals surface area contributed by atoms with Gasteiger partial charge in [-0.05, 0) is 73.6 Å². The van der Waals surface area contributed by atoms with Gasteiger partial charge in [-0.15, -0.1) is 0 Å². The van der Waals surface area contributed by atoms with E-state index < -0.39 is 21.7 Å². The molecule has 1 aliphatic rings. The Hall–Kier alpha value is -5.57. The van der Waals surface area contributed by atoms with Crippen molar-refractivity contribution in [2.45, 2.75) is 83.6 Å². The number of carbonyl (C=O) groups excluding carboxylic acids is 2. The van der Waals surface area contributed by atoms with Crippen molar-refractivity contribution < 1.29 is 37.0 Å². The molecular formula is C42H54N6O8S. The highest BCUT2D eigenvalue weighted by Crippen LogP contribution is 2.42. The van der Waals surface area contributed by atoms with Gasteiger partial charge in [-0.2, -0.15) is 9.97 Å². The summed E-state index contributed by atoms with van der Waals surface area (Å²) in [4.78, 5) is 38.9. The molecule has 0 atom stereocenters. The predicted molar refractivity (Wildman–Crippen MR) is 220 cm³/mol. The number of benzene rings is 3. The van der Waals surface area contributed by atoms with Crippen molar-refractivity contribution in [3.8, 4) is 23.1 Å². The summed E-state index contributed by atoms with van der Waals surface area (Å²) in [5.41, 5.74) is 1.82. The Morgan fingerprint density at radius 3 is 2.09 bits per heavy atom. The zero-order chi connectivity index (χ0) is 41.5. The number of methoxy groups -OCH3 is 1. The number of sulfonamides is 1. The van der Waals surface area contributed by atoms with E-state index in [2.05, 4.69) is 10.0 Å². The number of amides is 2. The van der Waals surface area contributed by atoms with Gasteiger partial charge >= 0.3 is 6.09 Å². The first kappa shape index (κ1) is 42.6. The van der Waals surface area contributed by atoms with Crippen LogP contribution in [0.5, 0.6) is 23.1 Å². The molecule has 4 aromatic rings. The van der Waals surface area contributed by atoms with Crippen LogP contribution in [0.25, 0.3) is 0 Å². The fraction of sp³-hybridized carbons (Fsp3) is 0.429. The lowest BCUT2D eigenvalue weighted by molar-refractivity contribution is -0.116. The lowest BCUT2D eigenvalue weighted by Crippen LogP contribution is -2.50. The highest BCUT2D eigenvalue weighted by atomic mass is 32.2.